The fourth-order valence-corrected chi connectivity index (χ4v) is 3.06. The van der Waals surface area contributed by atoms with Crippen LogP contribution in [0.25, 0.3) is 0 Å². The van der Waals surface area contributed by atoms with Gasteiger partial charge in [-0.15, -0.1) is 0 Å². The van der Waals surface area contributed by atoms with E-state index in [0.717, 1.165) is 38.9 Å². The van der Waals surface area contributed by atoms with E-state index in [2.05, 4.69) is 27.7 Å². The van der Waals surface area contributed by atoms with Crippen molar-refractivity contribution in [1.82, 2.24) is 14.5 Å². The van der Waals surface area contributed by atoms with Crippen molar-refractivity contribution in [3.8, 4) is 0 Å². The maximum atomic E-state index is 12.1. The molecule has 5 heteroatoms. The van der Waals surface area contributed by atoms with Gasteiger partial charge < -0.3 is 5.32 Å². The number of hydrogen-bond donors (Lipinski definition) is 1. The van der Waals surface area contributed by atoms with Gasteiger partial charge in [-0.1, -0.05) is 11.9 Å². The molecule has 0 saturated carbocycles. The number of carbonyl (C=O) groups is 1. The van der Waals surface area contributed by atoms with Gasteiger partial charge in [-0.05, 0) is 39.5 Å². The number of hydrogen-bond acceptors (Lipinski definition) is 4. The van der Waals surface area contributed by atoms with Gasteiger partial charge in [0.25, 0.3) is 0 Å². The second-order valence-corrected chi connectivity index (χ2v) is 6.33. The number of piperidine rings is 1. The van der Waals surface area contributed by atoms with E-state index < -0.39 is 0 Å². The minimum Gasteiger partial charge on any atom is -0.349 e. The molecule has 0 bridgehead atoms. The summed E-state index contributed by atoms with van der Waals surface area (Å²) in [6.45, 7) is 5.37. The second-order valence-electron chi connectivity index (χ2n) is 5.45. The van der Waals surface area contributed by atoms with Gasteiger partial charge in [0.2, 0.25) is 5.91 Å². The van der Waals surface area contributed by atoms with Crippen molar-refractivity contribution in [1.29, 1.82) is 0 Å². The molecule has 1 amide bonds. The fourth-order valence-electron chi connectivity index (χ4n) is 2.52. The first-order valence-electron chi connectivity index (χ1n) is 6.35. The van der Waals surface area contributed by atoms with Crippen molar-refractivity contribution in [2.24, 2.45) is 0 Å². The quantitative estimate of drug-likeness (QED) is 0.763. The summed E-state index contributed by atoms with van der Waals surface area (Å²) < 4.78 is 2.36. The SMILES string of the molecule is CSN1CCC(C)(NC(=O)C2CCN2C)CC1. The van der Waals surface area contributed by atoms with Crippen LogP contribution in [0.2, 0.25) is 0 Å². The van der Waals surface area contributed by atoms with Crippen LogP contribution in [-0.4, -0.2) is 59.6 Å². The summed E-state index contributed by atoms with van der Waals surface area (Å²) in [6, 6.07) is 0.116. The lowest BCUT2D eigenvalue weighted by atomic mass is 9.89. The second kappa shape index (κ2) is 5.16. The summed E-state index contributed by atoms with van der Waals surface area (Å²) in [5.41, 5.74) is -0.000255. The van der Waals surface area contributed by atoms with E-state index in [-0.39, 0.29) is 17.5 Å². The Kier molecular flexibility index (Phi) is 4.00. The van der Waals surface area contributed by atoms with E-state index in [0.29, 0.717) is 0 Å². The highest BCUT2D eigenvalue weighted by atomic mass is 32.2. The predicted octanol–water partition coefficient (Wildman–Crippen LogP) is 0.939. The molecule has 0 spiro atoms. The molecular formula is C12H23N3OS. The number of nitrogens with one attached hydrogen (secondary N) is 1. The standard InChI is InChI=1S/C12H23N3OS/c1-12(5-8-15(17-3)9-6-12)13-11(16)10-4-7-14(10)2/h10H,4-9H2,1-3H3,(H,13,16). The average Bonchev–Trinajstić information content (AvgIpc) is 2.27. The Morgan fingerprint density at radius 1 is 1.35 bits per heavy atom. The Balaban J connectivity index is 1.83. The molecule has 0 radical (unpaired) electrons. The van der Waals surface area contributed by atoms with Gasteiger partial charge in [-0.3, -0.25) is 14.0 Å². The molecule has 0 aliphatic carbocycles. The van der Waals surface area contributed by atoms with Gasteiger partial charge in [0, 0.05) is 25.2 Å². The molecule has 2 fully saturated rings. The van der Waals surface area contributed by atoms with E-state index in [1.807, 2.05) is 7.05 Å². The zero-order valence-corrected chi connectivity index (χ0v) is 11.8. The Morgan fingerprint density at radius 3 is 2.41 bits per heavy atom. The van der Waals surface area contributed by atoms with Crippen LogP contribution in [0.5, 0.6) is 0 Å². The molecule has 2 rings (SSSR count). The number of rotatable bonds is 3. The van der Waals surface area contributed by atoms with Gasteiger partial charge in [0.05, 0.1) is 6.04 Å². The molecule has 2 saturated heterocycles. The Bertz CT molecular complexity index is 289. The maximum Gasteiger partial charge on any atom is 0.237 e. The number of carbonyl (C=O) groups excluding carboxylic acids is 1. The van der Waals surface area contributed by atoms with Crippen LogP contribution in [-0.2, 0) is 4.79 Å². The third kappa shape index (κ3) is 2.95. The highest BCUT2D eigenvalue weighted by molar-refractivity contribution is 7.96. The zero-order chi connectivity index (χ0) is 12.5. The summed E-state index contributed by atoms with van der Waals surface area (Å²) >= 11 is 1.80. The molecule has 0 aromatic carbocycles. The molecule has 0 aromatic heterocycles. The molecule has 2 heterocycles. The molecule has 1 N–H and O–H groups in total. The minimum atomic E-state index is -0.000255. The van der Waals surface area contributed by atoms with Crippen LogP contribution in [0.4, 0.5) is 0 Å². The van der Waals surface area contributed by atoms with Crippen LogP contribution >= 0.6 is 11.9 Å². The zero-order valence-electron chi connectivity index (χ0n) is 11.0. The van der Waals surface area contributed by atoms with E-state index in [4.69, 9.17) is 0 Å². The lowest BCUT2D eigenvalue weighted by Crippen LogP contribution is -2.60. The number of likely N-dealkylation sites (tertiary alicyclic amines) is 1. The minimum absolute atomic E-state index is 0.000255. The number of amides is 1. The monoisotopic (exact) mass is 257 g/mol. The third-order valence-electron chi connectivity index (χ3n) is 4.10. The lowest BCUT2D eigenvalue weighted by molar-refractivity contribution is -0.132. The van der Waals surface area contributed by atoms with Crippen LogP contribution in [0.3, 0.4) is 0 Å². The third-order valence-corrected chi connectivity index (χ3v) is 4.98. The number of likely N-dealkylation sites (N-methyl/N-ethyl adjacent to an activating group) is 1. The Labute approximate surface area is 108 Å². The Hall–Kier alpha value is -0.260. The summed E-state index contributed by atoms with van der Waals surface area (Å²) in [5.74, 6) is 0.221. The van der Waals surface area contributed by atoms with Crippen LogP contribution in [0.15, 0.2) is 0 Å². The summed E-state index contributed by atoms with van der Waals surface area (Å²) in [6.07, 6.45) is 5.23. The molecule has 2 aliphatic rings. The molecule has 98 valence electrons. The number of nitrogens with zero attached hydrogens (tertiary/aromatic N) is 2. The van der Waals surface area contributed by atoms with Crippen molar-refractivity contribution in [2.45, 2.75) is 37.8 Å². The van der Waals surface area contributed by atoms with Gasteiger partial charge in [-0.25, -0.2) is 0 Å². The molecule has 1 atom stereocenters. The highest BCUT2D eigenvalue weighted by Gasteiger charge is 2.37. The predicted molar refractivity (Wildman–Crippen MR) is 71.9 cm³/mol. The first-order chi connectivity index (χ1) is 8.04. The normalized spacial score (nSPS) is 29.7. The average molecular weight is 257 g/mol. The Morgan fingerprint density at radius 2 is 2.00 bits per heavy atom. The van der Waals surface area contributed by atoms with Crippen LogP contribution in [0, 0.1) is 0 Å². The van der Waals surface area contributed by atoms with Gasteiger partial charge in [-0.2, -0.15) is 0 Å². The van der Waals surface area contributed by atoms with Crippen molar-refractivity contribution in [3.05, 3.63) is 0 Å². The molecule has 2 aliphatic heterocycles. The van der Waals surface area contributed by atoms with Crippen molar-refractivity contribution >= 4 is 17.9 Å². The summed E-state index contributed by atoms with van der Waals surface area (Å²) in [5, 5.41) is 3.26. The largest absolute Gasteiger partial charge is 0.349 e. The van der Waals surface area contributed by atoms with Gasteiger partial charge >= 0.3 is 0 Å². The first kappa shape index (κ1) is 13.2. The lowest BCUT2D eigenvalue weighted by Gasteiger charge is -2.43. The van der Waals surface area contributed by atoms with E-state index in [9.17, 15) is 4.79 Å². The first-order valence-corrected chi connectivity index (χ1v) is 7.53. The fraction of sp³-hybridized carbons (Fsp3) is 0.917. The molecule has 0 aromatic rings. The molecular weight excluding hydrogens is 234 g/mol. The van der Waals surface area contributed by atoms with Gasteiger partial charge in [0.1, 0.15) is 0 Å². The van der Waals surface area contributed by atoms with Crippen molar-refractivity contribution < 1.29 is 4.79 Å². The topological polar surface area (TPSA) is 35.6 Å². The van der Waals surface area contributed by atoms with Crippen LogP contribution < -0.4 is 5.32 Å². The maximum absolute atomic E-state index is 12.1. The van der Waals surface area contributed by atoms with Crippen molar-refractivity contribution in [2.75, 3.05) is 32.9 Å². The summed E-state index contributed by atoms with van der Waals surface area (Å²) in [4.78, 5) is 14.2. The van der Waals surface area contributed by atoms with Gasteiger partial charge in [0.15, 0.2) is 0 Å². The molecule has 1 unspecified atom stereocenters. The highest BCUT2D eigenvalue weighted by Crippen LogP contribution is 2.26. The van der Waals surface area contributed by atoms with E-state index in [1.54, 1.807) is 11.9 Å². The van der Waals surface area contributed by atoms with Crippen molar-refractivity contribution in [3.63, 3.8) is 0 Å². The van der Waals surface area contributed by atoms with E-state index in [1.165, 1.54) is 0 Å². The molecule has 17 heavy (non-hydrogen) atoms. The van der Waals surface area contributed by atoms with E-state index >= 15 is 0 Å². The summed E-state index contributed by atoms with van der Waals surface area (Å²) in [7, 11) is 2.02. The van der Waals surface area contributed by atoms with Crippen LogP contribution in [0.1, 0.15) is 26.2 Å². The smallest absolute Gasteiger partial charge is 0.237 e. The molecule has 4 nitrogen and oxygen atoms in total.